The van der Waals surface area contributed by atoms with Gasteiger partial charge in [-0.1, -0.05) is 26.7 Å². The Morgan fingerprint density at radius 1 is 0.625 bits per heavy atom. The molecule has 0 aliphatic heterocycles. The standard InChI is InChI=1S/C14H32N2/c1-13(9-11-15(3)4)7-8-14(2)10-12-16(5)6/h13-14H,7-12H2,1-6H3. The molecule has 0 spiro atoms. The average Bonchev–Trinajstić information content (AvgIpc) is 2.20. The molecule has 0 N–H and O–H groups in total. The van der Waals surface area contributed by atoms with E-state index in [2.05, 4.69) is 51.8 Å². The van der Waals surface area contributed by atoms with Gasteiger partial charge in [0.1, 0.15) is 0 Å². The van der Waals surface area contributed by atoms with Gasteiger partial charge in [-0.15, -0.1) is 0 Å². The van der Waals surface area contributed by atoms with Gasteiger partial charge in [0.2, 0.25) is 0 Å². The van der Waals surface area contributed by atoms with Crippen molar-refractivity contribution in [3.05, 3.63) is 0 Å². The van der Waals surface area contributed by atoms with Crippen molar-refractivity contribution in [3.63, 3.8) is 0 Å². The maximum Gasteiger partial charge on any atom is -0.00223 e. The van der Waals surface area contributed by atoms with E-state index in [1.54, 1.807) is 0 Å². The first-order chi connectivity index (χ1) is 7.41. The smallest absolute Gasteiger partial charge is 0.00223 e. The molecular weight excluding hydrogens is 196 g/mol. The van der Waals surface area contributed by atoms with Crippen molar-refractivity contribution >= 4 is 0 Å². The highest BCUT2D eigenvalue weighted by atomic mass is 15.0. The monoisotopic (exact) mass is 228 g/mol. The second-order valence-electron chi connectivity index (χ2n) is 5.97. The lowest BCUT2D eigenvalue weighted by molar-refractivity contribution is 0.314. The zero-order valence-corrected chi connectivity index (χ0v) is 12.3. The molecule has 0 aromatic heterocycles. The van der Waals surface area contributed by atoms with E-state index >= 15 is 0 Å². The molecule has 0 amide bonds. The Morgan fingerprint density at radius 2 is 0.938 bits per heavy atom. The summed E-state index contributed by atoms with van der Waals surface area (Å²) in [5, 5.41) is 0. The van der Waals surface area contributed by atoms with E-state index in [0.29, 0.717) is 0 Å². The van der Waals surface area contributed by atoms with Gasteiger partial charge in [0, 0.05) is 0 Å². The van der Waals surface area contributed by atoms with Gasteiger partial charge in [0.15, 0.2) is 0 Å². The number of nitrogens with zero attached hydrogens (tertiary/aromatic N) is 2. The fraction of sp³-hybridized carbons (Fsp3) is 1.00. The molecule has 0 aromatic rings. The molecule has 0 rings (SSSR count). The molecule has 0 saturated heterocycles. The minimum atomic E-state index is 0.879. The van der Waals surface area contributed by atoms with Gasteiger partial charge in [0.05, 0.1) is 0 Å². The van der Waals surface area contributed by atoms with Gasteiger partial charge in [0.25, 0.3) is 0 Å². The van der Waals surface area contributed by atoms with Gasteiger partial charge in [-0.05, 0) is 66.0 Å². The van der Waals surface area contributed by atoms with Crippen LogP contribution in [0.25, 0.3) is 0 Å². The van der Waals surface area contributed by atoms with Crippen LogP contribution in [0.3, 0.4) is 0 Å². The van der Waals surface area contributed by atoms with Crippen LogP contribution in [-0.4, -0.2) is 51.1 Å². The molecule has 2 heteroatoms. The van der Waals surface area contributed by atoms with Crippen molar-refractivity contribution in [2.75, 3.05) is 41.3 Å². The molecule has 0 heterocycles. The van der Waals surface area contributed by atoms with Crippen molar-refractivity contribution in [1.82, 2.24) is 9.80 Å². The highest BCUT2D eigenvalue weighted by molar-refractivity contribution is 4.61. The molecule has 0 aromatic carbocycles. The molecule has 0 radical (unpaired) electrons. The Labute approximate surface area is 103 Å². The number of hydrogen-bond acceptors (Lipinski definition) is 2. The quantitative estimate of drug-likeness (QED) is 0.599. The van der Waals surface area contributed by atoms with Crippen LogP contribution in [0.2, 0.25) is 0 Å². The van der Waals surface area contributed by atoms with Gasteiger partial charge in [-0.2, -0.15) is 0 Å². The highest BCUT2D eigenvalue weighted by Crippen LogP contribution is 2.17. The van der Waals surface area contributed by atoms with E-state index in [1.165, 1.54) is 38.8 Å². The molecule has 0 bridgehead atoms. The van der Waals surface area contributed by atoms with Crippen LogP contribution >= 0.6 is 0 Å². The van der Waals surface area contributed by atoms with E-state index in [4.69, 9.17) is 0 Å². The summed E-state index contributed by atoms with van der Waals surface area (Å²) in [6.07, 6.45) is 5.46. The Bertz CT molecular complexity index is 137. The summed E-state index contributed by atoms with van der Waals surface area (Å²) in [6, 6.07) is 0. The van der Waals surface area contributed by atoms with E-state index in [1.807, 2.05) is 0 Å². The summed E-state index contributed by atoms with van der Waals surface area (Å²) in [5.74, 6) is 1.76. The van der Waals surface area contributed by atoms with Crippen LogP contribution in [0.1, 0.15) is 39.5 Å². The fourth-order valence-electron chi connectivity index (χ4n) is 1.81. The van der Waals surface area contributed by atoms with E-state index in [9.17, 15) is 0 Å². The first-order valence-corrected chi connectivity index (χ1v) is 6.71. The minimum Gasteiger partial charge on any atom is -0.309 e. The Morgan fingerprint density at radius 3 is 1.19 bits per heavy atom. The van der Waals surface area contributed by atoms with Crippen LogP contribution in [0.15, 0.2) is 0 Å². The van der Waals surface area contributed by atoms with Crippen molar-refractivity contribution in [2.45, 2.75) is 39.5 Å². The van der Waals surface area contributed by atoms with Crippen molar-refractivity contribution in [1.29, 1.82) is 0 Å². The number of rotatable bonds is 9. The third-order valence-electron chi connectivity index (χ3n) is 3.29. The third-order valence-corrected chi connectivity index (χ3v) is 3.29. The zero-order valence-electron chi connectivity index (χ0n) is 12.3. The summed E-state index contributed by atoms with van der Waals surface area (Å²) in [6.45, 7) is 7.24. The van der Waals surface area contributed by atoms with Crippen molar-refractivity contribution in [3.8, 4) is 0 Å². The highest BCUT2D eigenvalue weighted by Gasteiger charge is 2.07. The average molecular weight is 228 g/mol. The van der Waals surface area contributed by atoms with Gasteiger partial charge in [-0.3, -0.25) is 0 Å². The molecule has 0 aliphatic carbocycles. The Hall–Kier alpha value is -0.0800. The lowest BCUT2D eigenvalue weighted by atomic mass is 9.94. The molecule has 0 aliphatic rings. The van der Waals surface area contributed by atoms with Crippen LogP contribution in [0, 0.1) is 11.8 Å². The molecule has 98 valence electrons. The lowest BCUT2D eigenvalue weighted by Gasteiger charge is -2.18. The van der Waals surface area contributed by atoms with E-state index < -0.39 is 0 Å². The largest absolute Gasteiger partial charge is 0.309 e. The second kappa shape index (κ2) is 9.00. The summed E-state index contributed by atoms with van der Waals surface area (Å²) >= 11 is 0. The zero-order chi connectivity index (χ0) is 12.6. The fourth-order valence-corrected chi connectivity index (χ4v) is 1.81. The first-order valence-electron chi connectivity index (χ1n) is 6.71. The maximum absolute atomic E-state index is 2.39. The summed E-state index contributed by atoms with van der Waals surface area (Å²) < 4.78 is 0. The predicted molar refractivity (Wildman–Crippen MR) is 73.9 cm³/mol. The molecule has 16 heavy (non-hydrogen) atoms. The minimum absolute atomic E-state index is 0.879. The normalized spacial score (nSPS) is 15.8. The summed E-state index contributed by atoms with van der Waals surface area (Å²) in [7, 11) is 8.64. The van der Waals surface area contributed by atoms with Crippen LogP contribution in [-0.2, 0) is 0 Å². The number of hydrogen-bond donors (Lipinski definition) is 0. The molecule has 0 saturated carbocycles. The Balaban J connectivity index is 3.47. The first kappa shape index (κ1) is 15.9. The molecule has 2 atom stereocenters. The third kappa shape index (κ3) is 10.4. The van der Waals surface area contributed by atoms with Crippen LogP contribution in [0.4, 0.5) is 0 Å². The summed E-state index contributed by atoms with van der Waals surface area (Å²) in [4.78, 5) is 4.57. The van der Waals surface area contributed by atoms with Gasteiger partial charge >= 0.3 is 0 Å². The second-order valence-corrected chi connectivity index (χ2v) is 5.97. The molecule has 2 unspecified atom stereocenters. The molecular formula is C14H32N2. The predicted octanol–water partition coefficient (Wildman–Crippen LogP) is 2.94. The van der Waals surface area contributed by atoms with Crippen molar-refractivity contribution in [2.24, 2.45) is 11.8 Å². The lowest BCUT2D eigenvalue weighted by Crippen LogP contribution is -2.17. The van der Waals surface area contributed by atoms with Gasteiger partial charge < -0.3 is 9.80 Å². The molecule has 0 fully saturated rings. The van der Waals surface area contributed by atoms with Gasteiger partial charge in [-0.25, -0.2) is 0 Å². The Kier molecular flexibility index (Phi) is 8.96. The summed E-state index contributed by atoms with van der Waals surface area (Å²) in [5.41, 5.74) is 0. The van der Waals surface area contributed by atoms with Crippen LogP contribution < -0.4 is 0 Å². The SMILES string of the molecule is CC(CCC(C)CCN(C)C)CCN(C)C. The molecule has 2 nitrogen and oxygen atoms in total. The van der Waals surface area contributed by atoms with Crippen molar-refractivity contribution < 1.29 is 0 Å². The van der Waals surface area contributed by atoms with E-state index in [0.717, 1.165) is 11.8 Å². The maximum atomic E-state index is 2.39. The van der Waals surface area contributed by atoms with E-state index in [-0.39, 0.29) is 0 Å². The topological polar surface area (TPSA) is 6.48 Å². The van der Waals surface area contributed by atoms with Crippen LogP contribution in [0.5, 0.6) is 0 Å².